The van der Waals surface area contributed by atoms with E-state index in [0.29, 0.717) is 11.4 Å². The molecule has 0 saturated carbocycles. The van der Waals surface area contributed by atoms with Crippen molar-refractivity contribution in [2.24, 2.45) is 14.1 Å². The Balaban J connectivity index is 2.31. The van der Waals surface area contributed by atoms with Gasteiger partial charge < -0.3 is 10.2 Å². The van der Waals surface area contributed by atoms with Gasteiger partial charge >= 0.3 is 5.76 Å². The Labute approximate surface area is 109 Å². The van der Waals surface area contributed by atoms with Crippen LogP contribution in [0.3, 0.4) is 0 Å². The highest BCUT2D eigenvalue weighted by molar-refractivity contribution is 5.81. The predicted molar refractivity (Wildman–Crippen MR) is 72.8 cm³/mol. The van der Waals surface area contributed by atoms with Gasteiger partial charge in [0.1, 0.15) is 5.82 Å². The molecule has 0 bridgehead atoms. The molecule has 6 heteroatoms. The third-order valence-corrected chi connectivity index (χ3v) is 3.39. The third kappa shape index (κ3) is 1.56. The molecule has 1 aromatic carbocycles. The summed E-state index contributed by atoms with van der Waals surface area (Å²) in [6.45, 7) is 1.93. The Morgan fingerprint density at radius 1 is 1.32 bits per heavy atom. The highest BCUT2D eigenvalue weighted by Crippen LogP contribution is 2.28. The average molecular weight is 258 g/mol. The van der Waals surface area contributed by atoms with E-state index < -0.39 is 0 Å². The molecule has 0 aliphatic heterocycles. The Hall–Kier alpha value is -2.50. The second-order valence-electron chi connectivity index (χ2n) is 4.59. The highest BCUT2D eigenvalue weighted by atomic mass is 16.4. The van der Waals surface area contributed by atoms with Crippen LogP contribution < -0.4 is 11.5 Å². The fraction of sp³-hybridized carbons (Fsp3) is 0.231. The van der Waals surface area contributed by atoms with Gasteiger partial charge in [-0.05, 0) is 25.1 Å². The second-order valence-corrected chi connectivity index (χ2v) is 4.59. The third-order valence-electron chi connectivity index (χ3n) is 3.39. The van der Waals surface area contributed by atoms with Gasteiger partial charge in [-0.25, -0.2) is 4.79 Å². The van der Waals surface area contributed by atoms with Crippen LogP contribution in [0.5, 0.6) is 0 Å². The minimum absolute atomic E-state index is 0.367. The van der Waals surface area contributed by atoms with Crippen molar-refractivity contribution in [3.63, 3.8) is 0 Å². The number of nitrogens with zero attached hydrogens (tertiary/aromatic N) is 3. The lowest BCUT2D eigenvalue weighted by Gasteiger charge is -2.04. The largest absolute Gasteiger partial charge is 0.419 e. The van der Waals surface area contributed by atoms with Crippen LogP contribution in [0.15, 0.2) is 27.4 Å². The van der Waals surface area contributed by atoms with Gasteiger partial charge in [0, 0.05) is 25.2 Å². The maximum Gasteiger partial charge on any atom is 0.419 e. The van der Waals surface area contributed by atoms with Crippen molar-refractivity contribution in [3.05, 3.63) is 34.3 Å². The molecule has 3 rings (SSSR count). The van der Waals surface area contributed by atoms with Crippen LogP contribution in [-0.4, -0.2) is 14.3 Å². The number of nitrogens with two attached hydrogens (primary N) is 1. The van der Waals surface area contributed by atoms with E-state index in [0.717, 1.165) is 22.3 Å². The van der Waals surface area contributed by atoms with Gasteiger partial charge in [-0.2, -0.15) is 5.10 Å². The summed E-state index contributed by atoms with van der Waals surface area (Å²) in [6, 6.07) is 5.59. The number of aromatic nitrogens is 3. The number of hydrogen-bond acceptors (Lipinski definition) is 4. The molecular formula is C13H14N4O2. The Bertz CT molecular complexity index is 838. The molecule has 0 fully saturated rings. The number of oxazole rings is 1. The molecule has 6 nitrogen and oxygen atoms in total. The zero-order chi connectivity index (χ0) is 13.7. The molecule has 0 atom stereocenters. The summed E-state index contributed by atoms with van der Waals surface area (Å²) >= 11 is 0. The monoisotopic (exact) mass is 258 g/mol. The molecule has 0 aliphatic carbocycles. The topological polar surface area (TPSA) is 79.0 Å². The maximum absolute atomic E-state index is 11.5. The van der Waals surface area contributed by atoms with E-state index in [9.17, 15) is 4.79 Å². The van der Waals surface area contributed by atoms with Crippen molar-refractivity contribution in [2.45, 2.75) is 6.92 Å². The van der Waals surface area contributed by atoms with Gasteiger partial charge in [0.05, 0.1) is 11.2 Å². The standard InChI is InChI=1S/C13H14N4O2/c1-7-11(17(3)15-12(7)14)8-4-5-10-9(6-8)16(2)13(18)19-10/h4-6H,1-3H3,(H2,14,15). The molecule has 2 aromatic heterocycles. The minimum atomic E-state index is -0.367. The van der Waals surface area contributed by atoms with E-state index >= 15 is 0 Å². The number of nitrogen functional groups attached to an aromatic ring is 1. The van der Waals surface area contributed by atoms with Crippen LogP contribution in [0.25, 0.3) is 22.4 Å². The van der Waals surface area contributed by atoms with Crippen molar-refractivity contribution in [3.8, 4) is 11.3 Å². The van der Waals surface area contributed by atoms with Crippen molar-refractivity contribution in [1.29, 1.82) is 0 Å². The summed E-state index contributed by atoms with van der Waals surface area (Å²) in [5.41, 5.74) is 9.96. The van der Waals surface area contributed by atoms with E-state index in [4.69, 9.17) is 10.2 Å². The van der Waals surface area contributed by atoms with Crippen molar-refractivity contribution < 1.29 is 4.42 Å². The first-order valence-electron chi connectivity index (χ1n) is 5.88. The van der Waals surface area contributed by atoms with Crippen LogP contribution in [0.4, 0.5) is 5.82 Å². The van der Waals surface area contributed by atoms with Crippen molar-refractivity contribution in [1.82, 2.24) is 14.3 Å². The summed E-state index contributed by atoms with van der Waals surface area (Å²) in [5, 5.41) is 4.20. The lowest BCUT2D eigenvalue weighted by molar-refractivity contribution is 0.528. The van der Waals surface area contributed by atoms with Gasteiger partial charge in [-0.1, -0.05) is 0 Å². The SMILES string of the molecule is Cc1c(N)nn(C)c1-c1ccc2oc(=O)n(C)c2c1. The number of benzene rings is 1. The molecular weight excluding hydrogens is 244 g/mol. The normalized spacial score (nSPS) is 11.3. The summed E-state index contributed by atoms with van der Waals surface area (Å²) in [7, 11) is 3.53. The quantitative estimate of drug-likeness (QED) is 0.716. The Morgan fingerprint density at radius 3 is 2.68 bits per heavy atom. The van der Waals surface area contributed by atoms with Gasteiger partial charge in [-0.3, -0.25) is 9.25 Å². The predicted octanol–water partition coefficient (Wildman–Crippen LogP) is 1.42. The van der Waals surface area contributed by atoms with E-state index in [-0.39, 0.29) is 5.76 Å². The molecule has 0 aliphatic rings. The van der Waals surface area contributed by atoms with Crippen molar-refractivity contribution >= 4 is 16.9 Å². The van der Waals surface area contributed by atoms with E-state index in [1.54, 1.807) is 17.8 Å². The molecule has 2 N–H and O–H groups in total. The van der Waals surface area contributed by atoms with Crippen molar-refractivity contribution in [2.75, 3.05) is 5.73 Å². The van der Waals surface area contributed by atoms with E-state index in [1.165, 1.54) is 4.57 Å². The minimum Gasteiger partial charge on any atom is -0.408 e. The lowest BCUT2D eigenvalue weighted by atomic mass is 10.1. The number of fused-ring (bicyclic) bond motifs is 1. The number of aryl methyl sites for hydroxylation is 2. The highest BCUT2D eigenvalue weighted by Gasteiger charge is 2.14. The van der Waals surface area contributed by atoms with Gasteiger partial charge in [0.25, 0.3) is 0 Å². The number of hydrogen-bond donors (Lipinski definition) is 1. The molecule has 0 radical (unpaired) electrons. The van der Waals surface area contributed by atoms with Crippen LogP contribution in [0, 0.1) is 6.92 Å². The van der Waals surface area contributed by atoms with Gasteiger partial charge in [0.2, 0.25) is 0 Å². The Morgan fingerprint density at radius 2 is 2.05 bits per heavy atom. The molecule has 0 spiro atoms. The molecule has 19 heavy (non-hydrogen) atoms. The van der Waals surface area contributed by atoms with E-state index in [1.807, 2.05) is 26.1 Å². The molecule has 98 valence electrons. The fourth-order valence-electron chi connectivity index (χ4n) is 2.33. The lowest BCUT2D eigenvalue weighted by Crippen LogP contribution is -2.08. The maximum atomic E-state index is 11.5. The molecule has 2 heterocycles. The summed E-state index contributed by atoms with van der Waals surface area (Å²) in [4.78, 5) is 11.5. The van der Waals surface area contributed by atoms with Crippen LogP contribution in [0.2, 0.25) is 0 Å². The smallest absolute Gasteiger partial charge is 0.408 e. The molecule has 0 saturated heterocycles. The van der Waals surface area contributed by atoms with Crippen LogP contribution in [0.1, 0.15) is 5.56 Å². The summed E-state index contributed by atoms with van der Waals surface area (Å²) < 4.78 is 8.34. The Kier molecular flexibility index (Phi) is 2.28. The second kappa shape index (κ2) is 3.74. The average Bonchev–Trinajstić information content (AvgIpc) is 2.78. The number of anilines is 1. The molecule has 0 unspecified atom stereocenters. The molecule has 3 aromatic rings. The van der Waals surface area contributed by atoms with Gasteiger partial charge in [0.15, 0.2) is 5.58 Å². The first kappa shape index (κ1) is 11.6. The zero-order valence-corrected chi connectivity index (χ0v) is 11.0. The first-order chi connectivity index (χ1) is 8.99. The van der Waals surface area contributed by atoms with E-state index in [2.05, 4.69) is 5.10 Å². The summed E-state index contributed by atoms with van der Waals surface area (Å²) in [5.74, 6) is 0.145. The van der Waals surface area contributed by atoms with Crippen LogP contribution >= 0.6 is 0 Å². The fourth-order valence-corrected chi connectivity index (χ4v) is 2.33. The molecule has 0 amide bonds. The zero-order valence-electron chi connectivity index (χ0n) is 11.0. The van der Waals surface area contributed by atoms with Crippen LogP contribution in [-0.2, 0) is 14.1 Å². The number of rotatable bonds is 1. The first-order valence-corrected chi connectivity index (χ1v) is 5.88. The van der Waals surface area contributed by atoms with Gasteiger partial charge in [-0.15, -0.1) is 0 Å². The summed E-state index contributed by atoms with van der Waals surface area (Å²) in [6.07, 6.45) is 0.